The van der Waals surface area contributed by atoms with E-state index >= 15 is 0 Å². The number of nitrogens with zero attached hydrogens (tertiary/aromatic N) is 2. The summed E-state index contributed by atoms with van der Waals surface area (Å²) in [6, 6.07) is 3.80. The summed E-state index contributed by atoms with van der Waals surface area (Å²) in [5.74, 6) is 0.356. The van der Waals surface area contributed by atoms with Gasteiger partial charge in [-0.1, -0.05) is 20.8 Å². The van der Waals surface area contributed by atoms with Gasteiger partial charge in [0.15, 0.2) is 0 Å². The second-order valence-electron chi connectivity index (χ2n) is 6.49. The van der Waals surface area contributed by atoms with Crippen molar-refractivity contribution in [3.63, 3.8) is 0 Å². The van der Waals surface area contributed by atoms with Crippen molar-refractivity contribution in [1.29, 1.82) is 0 Å². The zero-order valence-electron chi connectivity index (χ0n) is 13.0. The molecule has 1 aliphatic heterocycles. The lowest BCUT2D eigenvalue weighted by Gasteiger charge is -2.29. The zero-order chi connectivity index (χ0) is 15.5. The Kier molecular flexibility index (Phi) is 4.83. The fourth-order valence-corrected chi connectivity index (χ4v) is 2.84. The van der Waals surface area contributed by atoms with Gasteiger partial charge < -0.3 is 15.3 Å². The van der Waals surface area contributed by atoms with Crippen molar-refractivity contribution in [2.45, 2.75) is 38.6 Å². The smallest absolute Gasteiger partial charge is 0.317 e. The molecule has 1 fully saturated rings. The number of hydrogen-bond acceptors (Lipinski definition) is 3. The Balaban J connectivity index is 1.95. The van der Waals surface area contributed by atoms with Gasteiger partial charge in [0.1, 0.15) is 0 Å². The maximum Gasteiger partial charge on any atom is 0.317 e. The third kappa shape index (κ3) is 3.53. The van der Waals surface area contributed by atoms with Crippen LogP contribution >= 0.6 is 0 Å². The first-order valence-corrected chi connectivity index (χ1v) is 7.51. The van der Waals surface area contributed by atoms with Gasteiger partial charge in [-0.3, -0.25) is 4.98 Å². The van der Waals surface area contributed by atoms with Gasteiger partial charge in [-0.2, -0.15) is 0 Å². The van der Waals surface area contributed by atoms with E-state index in [0.717, 1.165) is 12.0 Å². The highest BCUT2D eigenvalue weighted by Gasteiger charge is 2.34. The van der Waals surface area contributed by atoms with Crippen LogP contribution in [-0.2, 0) is 5.41 Å². The van der Waals surface area contributed by atoms with E-state index in [4.69, 9.17) is 0 Å². The lowest BCUT2D eigenvalue weighted by molar-refractivity contribution is 0.143. The van der Waals surface area contributed by atoms with Crippen LogP contribution in [0.5, 0.6) is 0 Å². The third-order valence-electron chi connectivity index (χ3n) is 4.47. The van der Waals surface area contributed by atoms with Gasteiger partial charge in [-0.05, 0) is 30.0 Å². The molecule has 5 nitrogen and oxygen atoms in total. The molecule has 1 saturated heterocycles. The van der Waals surface area contributed by atoms with E-state index in [-0.39, 0.29) is 24.1 Å². The lowest BCUT2D eigenvalue weighted by atomic mass is 9.85. The lowest BCUT2D eigenvalue weighted by Crippen LogP contribution is -2.48. The first kappa shape index (κ1) is 15.8. The highest BCUT2D eigenvalue weighted by atomic mass is 16.3. The number of aromatic nitrogens is 1. The Hall–Kier alpha value is -1.62. The summed E-state index contributed by atoms with van der Waals surface area (Å²) in [5, 5.41) is 12.4. The van der Waals surface area contributed by atoms with Crippen molar-refractivity contribution in [3.8, 4) is 0 Å². The monoisotopic (exact) mass is 291 g/mol. The molecule has 1 aliphatic rings. The number of aliphatic hydroxyl groups is 1. The van der Waals surface area contributed by atoms with E-state index in [9.17, 15) is 9.90 Å². The molecular formula is C16H25N3O2. The Morgan fingerprint density at radius 2 is 2.14 bits per heavy atom. The molecule has 2 amide bonds. The summed E-state index contributed by atoms with van der Waals surface area (Å²) in [4.78, 5) is 18.1. The van der Waals surface area contributed by atoms with Crippen molar-refractivity contribution in [3.05, 3.63) is 30.1 Å². The summed E-state index contributed by atoms with van der Waals surface area (Å²) in [5.41, 5.74) is 0.991. The molecule has 0 radical (unpaired) electrons. The van der Waals surface area contributed by atoms with Crippen LogP contribution in [-0.4, -0.2) is 46.8 Å². The molecule has 116 valence electrons. The summed E-state index contributed by atoms with van der Waals surface area (Å²) in [6.45, 7) is 7.57. The van der Waals surface area contributed by atoms with E-state index in [1.807, 2.05) is 12.1 Å². The average molecular weight is 291 g/mol. The minimum absolute atomic E-state index is 0.0301. The van der Waals surface area contributed by atoms with Gasteiger partial charge in [-0.15, -0.1) is 0 Å². The van der Waals surface area contributed by atoms with Crippen molar-refractivity contribution in [1.82, 2.24) is 15.2 Å². The molecule has 0 saturated carbocycles. The van der Waals surface area contributed by atoms with Gasteiger partial charge >= 0.3 is 6.03 Å². The molecule has 0 aromatic carbocycles. The molecule has 21 heavy (non-hydrogen) atoms. The number of urea groups is 1. The van der Waals surface area contributed by atoms with Crippen LogP contribution in [0.4, 0.5) is 4.79 Å². The number of hydrogen-bond donors (Lipinski definition) is 2. The second-order valence-corrected chi connectivity index (χ2v) is 6.49. The maximum atomic E-state index is 12.3. The van der Waals surface area contributed by atoms with Crippen molar-refractivity contribution >= 4 is 6.03 Å². The fraction of sp³-hybridized carbons (Fsp3) is 0.625. The largest absolute Gasteiger partial charge is 0.394 e. The Bertz CT molecular complexity index is 476. The predicted molar refractivity (Wildman–Crippen MR) is 82.0 cm³/mol. The van der Waals surface area contributed by atoms with Crippen LogP contribution in [0.25, 0.3) is 0 Å². The number of rotatable bonds is 4. The van der Waals surface area contributed by atoms with E-state index < -0.39 is 0 Å². The molecule has 0 bridgehead atoms. The maximum absolute atomic E-state index is 12.3. The minimum atomic E-state index is -0.154. The molecule has 1 aromatic heterocycles. The normalized spacial score (nSPS) is 22.4. The number of amides is 2. The Labute approximate surface area is 126 Å². The van der Waals surface area contributed by atoms with Crippen LogP contribution < -0.4 is 5.32 Å². The summed E-state index contributed by atoms with van der Waals surface area (Å²) in [6.07, 6.45) is 4.48. The summed E-state index contributed by atoms with van der Waals surface area (Å²) >= 11 is 0. The van der Waals surface area contributed by atoms with Gasteiger partial charge in [-0.25, -0.2) is 4.79 Å². The average Bonchev–Trinajstić information content (AvgIpc) is 2.86. The van der Waals surface area contributed by atoms with Gasteiger partial charge in [0.25, 0.3) is 0 Å². The molecule has 1 aromatic rings. The molecule has 2 atom stereocenters. The third-order valence-corrected chi connectivity index (χ3v) is 4.47. The van der Waals surface area contributed by atoms with Crippen LogP contribution in [0.3, 0.4) is 0 Å². The zero-order valence-corrected chi connectivity index (χ0v) is 13.0. The van der Waals surface area contributed by atoms with Crippen LogP contribution in [0, 0.1) is 5.92 Å². The predicted octanol–water partition coefficient (Wildman–Crippen LogP) is 1.77. The highest BCUT2D eigenvalue weighted by molar-refractivity contribution is 5.75. The molecule has 0 aliphatic carbocycles. The summed E-state index contributed by atoms with van der Waals surface area (Å²) < 4.78 is 0. The van der Waals surface area contributed by atoms with Crippen molar-refractivity contribution < 1.29 is 9.90 Å². The molecule has 2 rings (SSSR count). The van der Waals surface area contributed by atoms with Crippen molar-refractivity contribution in [2.75, 3.05) is 19.7 Å². The van der Waals surface area contributed by atoms with Crippen LogP contribution in [0.15, 0.2) is 24.5 Å². The van der Waals surface area contributed by atoms with Crippen LogP contribution in [0.2, 0.25) is 0 Å². The molecule has 5 heteroatoms. The molecular weight excluding hydrogens is 266 g/mol. The Morgan fingerprint density at radius 3 is 2.76 bits per heavy atom. The first-order chi connectivity index (χ1) is 9.95. The SMILES string of the molecule is C[C@@H]1CCN(C(=O)NCC(C)(C)c2ccncc2)[C@H]1CO. The van der Waals surface area contributed by atoms with Crippen molar-refractivity contribution in [2.24, 2.45) is 5.92 Å². The van der Waals surface area contributed by atoms with E-state index in [2.05, 4.69) is 31.1 Å². The molecule has 2 heterocycles. The van der Waals surface area contributed by atoms with Gasteiger partial charge in [0.05, 0.1) is 12.6 Å². The standard InChI is InChI=1S/C16H25N3O2/c1-12-6-9-19(14(12)10-20)15(21)18-11-16(2,3)13-4-7-17-8-5-13/h4-5,7-8,12,14,20H,6,9-11H2,1-3H3,(H,18,21)/t12-,14+/m1/s1. The van der Waals surface area contributed by atoms with E-state index in [1.54, 1.807) is 17.3 Å². The fourth-order valence-electron chi connectivity index (χ4n) is 2.84. The number of pyridine rings is 1. The molecule has 2 N–H and O–H groups in total. The quantitative estimate of drug-likeness (QED) is 0.888. The Morgan fingerprint density at radius 1 is 1.48 bits per heavy atom. The second kappa shape index (κ2) is 6.43. The summed E-state index contributed by atoms with van der Waals surface area (Å²) in [7, 11) is 0. The topological polar surface area (TPSA) is 65.5 Å². The number of aliphatic hydroxyl groups excluding tert-OH is 1. The van der Waals surface area contributed by atoms with Crippen LogP contribution in [0.1, 0.15) is 32.8 Å². The number of carbonyl (C=O) groups is 1. The van der Waals surface area contributed by atoms with E-state index in [1.165, 1.54) is 0 Å². The minimum Gasteiger partial charge on any atom is -0.394 e. The highest BCUT2D eigenvalue weighted by Crippen LogP contribution is 2.24. The molecule has 0 spiro atoms. The number of carbonyl (C=O) groups excluding carboxylic acids is 1. The first-order valence-electron chi connectivity index (χ1n) is 7.51. The molecule has 0 unspecified atom stereocenters. The number of likely N-dealkylation sites (tertiary alicyclic amines) is 1. The van der Waals surface area contributed by atoms with E-state index in [0.29, 0.717) is 19.0 Å². The van der Waals surface area contributed by atoms with Gasteiger partial charge in [0.2, 0.25) is 0 Å². The van der Waals surface area contributed by atoms with Gasteiger partial charge in [0, 0.05) is 30.9 Å². The number of nitrogens with one attached hydrogen (secondary N) is 1.